The third-order valence-corrected chi connectivity index (χ3v) is 3.94. The standard InChI is InChI=1S/C17H21N3O3/c1-10(16-11(2)19-20(4)12(16)3)17(23)18-14-7-5-6-13(8-14)9-15(21)22/h5-8,10H,9H2,1-4H3,(H,18,23)(H,21,22). The SMILES string of the molecule is Cc1nn(C)c(C)c1C(C)C(=O)Nc1cccc(CC(=O)O)c1. The zero-order valence-corrected chi connectivity index (χ0v) is 13.8. The largest absolute Gasteiger partial charge is 0.481 e. The summed E-state index contributed by atoms with van der Waals surface area (Å²) in [5.74, 6) is -1.38. The quantitative estimate of drug-likeness (QED) is 0.887. The smallest absolute Gasteiger partial charge is 0.307 e. The minimum absolute atomic E-state index is 0.0694. The molecule has 1 amide bonds. The average Bonchev–Trinajstić information content (AvgIpc) is 2.71. The fraction of sp³-hybridized carbons (Fsp3) is 0.353. The second-order valence-corrected chi connectivity index (χ2v) is 5.69. The maximum Gasteiger partial charge on any atom is 0.307 e. The Hall–Kier alpha value is -2.63. The average molecular weight is 315 g/mol. The van der Waals surface area contributed by atoms with E-state index in [4.69, 9.17) is 5.11 Å². The van der Waals surface area contributed by atoms with Crippen LogP contribution in [-0.2, 0) is 23.1 Å². The van der Waals surface area contributed by atoms with Crippen LogP contribution in [0.1, 0.15) is 35.4 Å². The van der Waals surface area contributed by atoms with Crippen LogP contribution >= 0.6 is 0 Å². The number of carbonyl (C=O) groups excluding carboxylic acids is 1. The molecule has 0 fully saturated rings. The van der Waals surface area contributed by atoms with E-state index in [1.54, 1.807) is 28.9 Å². The van der Waals surface area contributed by atoms with Gasteiger partial charge in [0.05, 0.1) is 18.0 Å². The van der Waals surface area contributed by atoms with E-state index in [0.717, 1.165) is 17.0 Å². The normalized spacial score (nSPS) is 12.0. The minimum Gasteiger partial charge on any atom is -0.481 e. The van der Waals surface area contributed by atoms with Gasteiger partial charge in [0.2, 0.25) is 5.91 Å². The van der Waals surface area contributed by atoms with Crippen molar-refractivity contribution >= 4 is 17.6 Å². The van der Waals surface area contributed by atoms with Gasteiger partial charge in [0.25, 0.3) is 0 Å². The molecule has 1 unspecified atom stereocenters. The molecule has 1 aromatic carbocycles. The number of benzene rings is 1. The Morgan fingerprint density at radius 1 is 1.35 bits per heavy atom. The maximum atomic E-state index is 12.5. The summed E-state index contributed by atoms with van der Waals surface area (Å²) in [5.41, 5.74) is 3.97. The van der Waals surface area contributed by atoms with Gasteiger partial charge in [-0.3, -0.25) is 14.3 Å². The lowest BCUT2D eigenvalue weighted by molar-refractivity contribution is -0.136. The molecule has 1 atom stereocenters. The third-order valence-electron chi connectivity index (χ3n) is 3.94. The van der Waals surface area contributed by atoms with Crippen molar-refractivity contribution in [2.75, 3.05) is 5.32 Å². The van der Waals surface area contributed by atoms with Gasteiger partial charge in [-0.2, -0.15) is 5.10 Å². The summed E-state index contributed by atoms with van der Waals surface area (Å²) in [6.45, 7) is 5.67. The number of carbonyl (C=O) groups is 2. The van der Waals surface area contributed by atoms with E-state index >= 15 is 0 Å². The molecule has 0 bridgehead atoms. The van der Waals surface area contributed by atoms with Gasteiger partial charge in [0, 0.05) is 24.0 Å². The topological polar surface area (TPSA) is 84.2 Å². The highest BCUT2D eigenvalue weighted by Crippen LogP contribution is 2.24. The van der Waals surface area contributed by atoms with Crippen molar-refractivity contribution in [1.29, 1.82) is 0 Å². The lowest BCUT2D eigenvalue weighted by Gasteiger charge is -2.13. The molecule has 6 nitrogen and oxygen atoms in total. The van der Waals surface area contributed by atoms with Crippen molar-refractivity contribution in [2.45, 2.75) is 33.1 Å². The number of amides is 1. The predicted molar refractivity (Wildman–Crippen MR) is 87.5 cm³/mol. The molecule has 0 spiro atoms. The molecule has 6 heteroatoms. The molecule has 1 aromatic heterocycles. The number of anilines is 1. The molecular weight excluding hydrogens is 294 g/mol. The molecule has 0 aliphatic rings. The third kappa shape index (κ3) is 3.77. The van der Waals surface area contributed by atoms with Crippen LogP contribution in [0.25, 0.3) is 0 Å². The number of hydrogen-bond acceptors (Lipinski definition) is 3. The maximum absolute atomic E-state index is 12.5. The summed E-state index contributed by atoms with van der Waals surface area (Å²) in [4.78, 5) is 23.3. The molecule has 2 rings (SSSR count). The molecule has 23 heavy (non-hydrogen) atoms. The van der Waals surface area contributed by atoms with Gasteiger partial charge in [-0.1, -0.05) is 12.1 Å². The molecule has 2 N–H and O–H groups in total. The summed E-state index contributed by atoms with van der Waals surface area (Å²) in [5, 5.41) is 16.0. The van der Waals surface area contributed by atoms with Crippen LogP contribution in [0.5, 0.6) is 0 Å². The Labute approximate surface area is 135 Å². The first-order valence-electron chi connectivity index (χ1n) is 7.41. The summed E-state index contributed by atoms with van der Waals surface area (Å²) in [6.07, 6.45) is -0.0694. The Kier molecular flexibility index (Phi) is 4.83. The second-order valence-electron chi connectivity index (χ2n) is 5.69. The first kappa shape index (κ1) is 16.7. The molecule has 0 aliphatic heterocycles. The van der Waals surface area contributed by atoms with Crippen LogP contribution in [0.3, 0.4) is 0 Å². The van der Waals surface area contributed by atoms with E-state index in [1.165, 1.54) is 0 Å². The van der Waals surface area contributed by atoms with Crippen LogP contribution in [0.15, 0.2) is 24.3 Å². The van der Waals surface area contributed by atoms with E-state index in [2.05, 4.69) is 10.4 Å². The number of aryl methyl sites for hydroxylation is 2. The van der Waals surface area contributed by atoms with Crippen molar-refractivity contribution in [3.8, 4) is 0 Å². The van der Waals surface area contributed by atoms with Crippen LogP contribution in [0, 0.1) is 13.8 Å². The van der Waals surface area contributed by atoms with Crippen molar-refractivity contribution in [3.63, 3.8) is 0 Å². The summed E-state index contributed by atoms with van der Waals surface area (Å²) in [6, 6.07) is 6.89. The molecule has 0 saturated heterocycles. The molecule has 122 valence electrons. The van der Waals surface area contributed by atoms with Gasteiger partial charge < -0.3 is 10.4 Å². The Morgan fingerprint density at radius 2 is 2.04 bits per heavy atom. The molecule has 0 aliphatic carbocycles. The first-order valence-corrected chi connectivity index (χ1v) is 7.41. The summed E-state index contributed by atoms with van der Waals surface area (Å²) in [7, 11) is 1.85. The first-order chi connectivity index (χ1) is 10.8. The Balaban J connectivity index is 2.17. The van der Waals surface area contributed by atoms with Gasteiger partial charge in [0.1, 0.15) is 0 Å². The fourth-order valence-electron chi connectivity index (χ4n) is 2.73. The van der Waals surface area contributed by atoms with E-state index in [-0.39, 0.29) is 18.2 Å². The molecule has 1 heterocycles. The minimum atomic E-state index is -0.900. The zero-order chi connectivity index (χ0) is 17.1. The Bertz CT molecular complexity index is 750. The van der Waals surface area contributed by atoms with Gasteiger partial charge >= 0.3 is 5.97 Å². The van der Waals surface area contributed by atoms with Gasteiger partial charge in [-0.15, -0.1) is 0 Å². The summed E-state index contributed by atoms with van der Waals surface area (Å²) < 4.78 is 1.77. The zero-order valence-electron chi connectivity index (χ0n) is 13.8. The highest BCUT2D eigenvalue weighted by Gasteiger charge is 2.22. The lowest BCUT2D eigenvalue weighted by atomic mass is 9.98. The lowest BCUT2D eigenvalue weighted by Crippen LogP contribution is -2.20. The summed E-state index contributed by atoms with van der Waals surface area (Å²) >= 11 is 0. The predicted octanol–water partition coefficient (Wildman–Crippen LogP) is 2.41. The van der Waals surface area contributed by atoms with Crippen molar-refractivity contribution in [3.05, 3.63) is 46.8 Å². The number of nitrogens with one attached hydrogen (secondary N) is 1. The van der Waals surface area contributed by atoms with Crippen LogP contribution in [-0.4, -0.2) is 26.8 Å². The van der Waals surface area contributed by atoms with Crippen molar-refractivity contribution in [1.82, 2.24) is 9.78 Å². The number of carboxylic acids is 1. The van der Waals surface area contributed by atoms with E-state index in [1.807, 2.05) is 27.8 Å². The van der Waals surface area contributed by atoms with Gasteiger partial charge in [-0.25, -0.2) is 0 Å². The molecule has 2 aromatic rings. The molecule has 0 saturated carbocycles. The van der Waals surface area contributed by atoms with Crippen LogP contribution < -0.4 is 5.32 Å². The second kappa shape index (κ2) is 6.64. The highest BCUT2D eigenvalue weighted by molar-refractivity contribution is 5.96. The van der Waals surface area contributed by atoms with Crippen molar-refractivity contribution < 1.29 is 14.7 Å². The van der Waals surface area contributed by atoms with Gasteiger partial charge in [-0.05, 0) is 38.5 Å². The highest BCUT2D eigenvalue weighted by atomic mass is 16.4. The van der Waals surface area contributed by atoms with Crippen LogP contribution in [0.4, 0.5) is 5.69 Å². The number of nitrogens with zero attached hydrogens (tertiary/aromatic N) is 2. The van der Waals surface area contributed by atoms with Gasteiger partial charge in [0.15, 0.2) is 0 Å². The van der Waals surface area contributed by atoms with Crippen LogP contribution in [0.2, 0.25) is 0 Å². The fourth-order valence-corrected chi connectivity index (χ4v) is 2.73. The number of aromatic nitrogens is 2. The van der Waals surface area contributed by atoms with E-state index < -0.39 is 5.97 Å². The molecule has 0 radical (unpaired) electrons. The number of carboxylic acid groups (broad SMARTS) is 1. The molecular formula is C17H21N3O3. The number of aliphatic carboxylic acids is 1. The Morgan fingerprint density at radius 3 is 2.61 bits per heavy atom. The number of hydrogen-bond donors (Lipinski definition) is 2. The van der Waals surface area contributed by atoms with Crippen molar-refractivity contribution in [2.24, 2.45) is 7.05 Å². The van der Waals surface area contributed by atoms with E-state index in [0.29, 0.717) is 11.3 Å². The number of rotatable bonds is 5. The monoisotopic (exact) mass is 315 g/mol. The van der Waals surface area contributed by atoms with E-state index in [9.17, 15) is 9.59 Å².